The largest absolute Gasteiger partial charge is 0.478 e. The minimum Gasteiger partial charge on any atom is -0.478 e. The number of allylic oxidation sites excluding steroid dienone is 1. The molecule has 0 saturated carbocycles. The molecular weight excluding hydrogens is 244 g/mol. The molecule has 0 saturated heterocycles. The van der Waals surface area contributed by atoms with Crippen molar-refractivity contribution in [1.29, 1.82) is 0 Å². The van der Waals surface area contributed by atoms with Gasteiger partial charge in [0.2, 0.25) is 0 Å². The predicted molar refractivity (Wildman–Crippen MR) is 61.0 cm³/mol. The number of carbonyl (C=O) groups is 1. The molecule has 0 heterocycles. The van der Waals surface area contributed by atoms with Crippen molar-refractivity contribution in [2.75, 3.05) is 0 Å². The van der Waals surface area contributed by atoms with E-state index in [0.29, 0.717) is 0 Å². The molecule has 0 unspecified atom stereocenters. The Kier molecular flexibility index (Phi) is 3.72. The van der Waals surface area contributed by atoms with Crippen molar-refractivity contribution < 1.29 is 19.7 Å². The van der Waals surface area contributed by atoms with Crippen LogP contribution in [0.15, 0.2) is 24.3 Å². The highest BCUT2D eigenvalue weighted by molar-refractivity contribution is 6.18. The highest BCUT2D eigenvalue weighted by Gasteiger charge is 2.30. The summed E-state index contributed by atoms with van der Waals surface area (Å²) in [6.45, 7) is 1.34. The van der Waals surface area contributed by atoms with Gasteiger partial charge in [0.05, 0.1) is 15.4 Å². The molecule has 0 aliphatic carbocycles. The van der Waals surface area contributed by atoms with E-state index in [0.717, 1.165) is 24.3 Å². The first-order chi connectivity index (χ1) is 8.40. The Morgan fingerprint density at radius 1 is 1.22 bits per heavy atom. The maximum absolute atomic E-state index is 11.0. The minimum absolute atomic E-state index is 0.478. The third-order valence-corrected chi connectivity index (χ3v) is 2.20. The molecule has 8 nitrogen and oxygen atoms in total. The van der Waals surface area contributed by atoms with E-state index < -0.39 is 38.3 Å². The molecule has 1 aromatic rings. The molecule has 1 rings (SSSR count). The number of nitrogens with zero attached hydrogens (tertiary/aromatic N) is 2. The van der Waals surface area contributed by atoms with E-state index >= 15 is 0 Å². The summed E-state index contributed by atoms with van der Waals surface area (Å²) >= 11 is 0. The molecule has 94 valence electrons. The normalized spacial score (nSPS) is 11.1. The Labute approximate surface area is 100 Å². The van der Waals surface area contributed by atoms with Crippen LogP contribution in [0.4, 0.5) is 11.4 Å². The molecule has 0 atom stereocenters. The number of rotatable bonds is 4. The molecule has 0 radical (unpaired) electrons. The molecule has 0 bridgehead atoms. The molecule has 1 N–H and O–H groups in total. The molecule has 0 aliphatic heterocycles. The summed E-state index contributed by atoms with van der Waals surface area (Å²) in [7, 11) is 0. The first kappa shape index (κ1) is 13.3. The second-order valence-electron chi connectivity index (χ2n) is 3.19. The van der Waals surface area contributed by atoms with Crippen molar-refractivity contribution in [3.05, 3.63) is 50.1 Å². The highest BCUT2D eigenvalue weighted by atomic mass is 16.6. The van der Waals surface area contributed by atoms with Crippen LogP contribution >= 0.6 is 0 Å². The lowest BCUT2D eigenvalue weighted by molar-refractivity contribution is -0.394. The standard InChI is InChI=1S/C10H8N2O6/c1-2-6(10(13)14)9-7(11(15)16)4-3-5-8(9)12(17)18/h2-5H,1H3,(H,13,14)/b6-2+. The topological polar surface area (TPSA) is 124 Å². The molecule has 8 heteroatoms. The highest BCUT2D eigenvalue weighted by Crippen LogP contribution is 2.34. The van der Waals surface area contributed by atoms with Crippen molar-refractivity contribution in [3.63, 3.8) is 0 Å². The summed E-state index contributed by atoms with van der Waals surface area (Å²) in [4.78, 5) is 30.9. The lowest BCUT2D eigenvalue weighted by Crippen LogP contribution is -2.06. The van der Waals surface area contributed by atoms with Crippen LogP contribution < -0.4 is 0 Å². The van der Waals surface area contributed by atoms with Crippen molar-refractivity contribution in [2.45, 2.75) is 6.92 Å². The molecular formula is C10H8N2O6. The Morgan fingerprint density at radius 2 is 1.67 bits per heavy atom. The van der Waals surface area contributed by atoms with Crippen LogP contribution in [0.5, 0.6) is 0 Å². The van der Waals surface area contributed by atoms with E-state index in [9.17, 15) is 25.0 Å². The number of carboxylic acids is 1. The van der Waals surface area contributed by atoms with Gasteiger partial charge in [-0.2, -0.15) is 0 Å². The molecule has 0 amide bonds. The van der Waals surface area contributed by atoms with E-state index in [1.54, 1.807) is 0 Å². The fourth-order valence-electron chi connectivity index (χ4n) is 1.48. The van der Waals surface area contributed by atoms with Gasteiger partial charge in [-0.3, -0.25) is 20.2 Å². The van der Waals surface area contributed by atoms with Crippen LogP contribution in [0.2, 0.25) is 0 Å². The van der Waals surface area contributed by atoms with Crippen LogP contribution in [-0.4, -0.2) is 20.9 Å². The van der Waals surface area contributed by atoms with Gasteiger partial charge >= 0.3 is 5.97 Å². The van der Waals surface area contributed by atoms with Gasteiger partial charge in [0, 0.05) is 12.1 Å². The van der Waals surface area contributed by atoms with Crippen LogP contribution in [0.3, 0.4) is 0 Å². The number of nitro groups is 2. The summed E-state index contributed by atoms with van der Waals surface area (Å²) < 4.78 is 0. The van der Waals surface area contributed by atoms with Gasteiger partial charge in [0.25, 0.3) is 11.4 Å². The molecule has 0 spiro atoms. The number of aliphatic carboxylic acids is 1. The van der Waals surface area contributed by atoms with Crippen molar-refractivity contribution in [1.82, 2.24) is 0 Å². The van der Waals surface area contributed by atoms with Gasteiger partial charge in [-0.25, -0.2) is 4.79 Å². The van der Waals surface area contributed by atoms with Gasteiger partial charge in [-0.05, 0) is 13.0 Å². The number of benzene rings is 1. The fourth-order valence-corrected chi connectivity index (χ4v) is 1.48. The van der Waals surface area contributed by atoms with Gasteiger partial charge in [-0.15, -0.1) is 0 Å². The first-order valence-corrected chi connectivity index (χ1v) is 4.72. The quantitative estimate of drug-likeness (QED) is 0.496. The minimum atomic E-state index is -1.46. The molecule has 18 heavy (non-hydrogen) atoms. The lowest BCUT2D eigenvalue weighted by atomic mass is 10.0. The monoisotopic (exact) mass is 252 g/mol. The SMILES string of the molecule is C/C=C(/C(=O)O)c1c([N+](=O)[O-])cccc1[N+](=O)[O-]. The summed E-state index contributed by atoms with van der Waals surface area (Å²) in [5, 5.41) is 30.5. The number of hydrogen-bond donors (Lipinski definition) is 1. The van der Waals surface area contributed by atoms with Crippen LogP contribution in [-0.2, 0) is 4.79 Å². The number of hydrogen-bond acceptors (Lipinski definition) is 5. The third-order valence-electron chi connectivity index (χ3n) is 2.20. The smallest absolute Gasteiger partial charge is 0.336 e. The van der Waals surface area contributed by atoms with Gasteiger partial charge < -0.3 is 5.11 Å². The number of nitro benzene ring substituents is 2. The zero-order valence-corrected chi connectivity index (χ0v) is 9.19. The second kappa shape index (κ2) is 5.04. The average Bonchev–Trinajstić information content (AvgIpc) is 2.28. The van der Waals surface area contributed by atoms with Crippen LogP contribution in [0.25, 0.3) is 5.57 Å². The maximum atomic E-state index is 11.0. The molecule has 0 fully saturated rings. The Bertz CT molecular complexity index is 531. The molecule has 0 aliphatic rings. The summed E-state index contributed by atoms with van der Waals surface area (Å²) in [6.07, 6.45) is 1.08. The maximum Gasteiger partial charge on any atom is 0.336 e. The van der Waals surface area contributed by atoms with E-state index in [-0.39, 0.29) is 0 Å². The third kappa shape index (κ3) is 2.32. The van der Waals surface area contributed by atoms with E-state index in [1.165, 1.54) is 6.92 Å². The Hall–Kier alpha value is -2.77. The van der Waals surface area contributed by atoms with Crippen molar-refractivity contribution in [2.24, 2.45) is 0 Å². The Morgan fingerprint density at radius 3 is 1.94 bits per heavy atom. The average molecular weight is 252 g/mol. The molecule has 0 aromatic heterocycles. The number of carboxylic acid groups (broad SMARTS) is 1. The summed E-state index contributed by atoms with van der Waals surface area (Å²) in [6, 6.07) is 3.18. The zero-order chi connectivity index (χ0) is 13.9. The van der Waals surface area contributed by atoms with Gasteiger partial charge in [0.1, 0.15) is 5.56 Å². The van der Waals surface area contributed by atoms with E-state index in [1.807, 2.05) is 0 Å². The lowest BCUT2D eigenvalue weighted by Gasteiger charge is -2.04. The summed E-state index contributed by atoms with van der Waals surface area (Å²) in [5.41, 5.74) is -2.20. The predicted octanol–water partition coefficient (Wildman–Crippen LogP) is 1.99. The second-order valence-corrected chi connectivity index (χ2v) is 3.19. The fraction of sp³-hybridized carbons (Fsp3) is 0.100. The first-order valence-electron chi connectivity index (χ1n) is 4.72. The van der Waals surface area contributed by atoms with E-state index in [2.05, 4.69) is 0 Å². The van der Waals surface area contributed by atoms with Crippen molar-refractivity contribution in [3.8, 4) is 0 Å². The van der Waals surface area contributed by atoms with Crippen molar-refractivity contribution >= 4 is 22.9 Å². The van der Waals surface area contributed by atoms with Crippen LogP contribution in [0.1, 0.15) is 12.5 Å². The van der Waals surface area contributed by atoms with Crippen LogP contribution in [0, 0.1) is 20.2 Å². The van der Waals surface area contributed by atoms with E-state index in [4.69, 9.17) is 5.11 Å². The molecule has 1 aromatic carbocycles. The zero-order valence-electron chi connectivity index (χ0n) is 9.19. The van der Waals surface area contributed by atoms with Gasteiger partial charge in [0.15, 0.2) is 0 Å². The Balaban J connectivity index is 3.70. The van der Waals surface area contributed by atoms with Gasteiger partial charge in [-0.1, -0.05) is 6.08 Å². The summed E-state index contributed by atoms with van der Waals surface area (Å²) in [5.74, 6) is -1.46.